The Hall–Kier alpha value is -0.330. The Labute approximate surface area is 79.9 Å². The third-order valence-electron chi connectivity index (χ3n) is 5.67. The Balaban J connectivity index is 2.10. The summed E-state index contributed by atoms with van der Waals surface area (Å²) in [6.07, 6.45) is 5.96. The summed E-state index contributed by atoms with van der Waals surface area (Å²) < 4.78 is 0. The van der Waals surface area contributed by atoms with Crippen molar-refractivity contribution in [3.63, 3.8) is 0 Å². The molecular weight excluding hydrogens is 160 g/mol. The van der Waals surface area contributed by atoms with Gasteiger partial charge in [-0.05, 0) is 41.9 Å². The fourth-order valence-electron chi connectivity index (χ4n) is 4.65. The molecule has 3 fully saturated rings. The van der Waals surface area contributed by atoms with Gasteiger partial charge in [-0.1, -0.05) is 13.8 Å². The molecule has 72 valence electrons. The lowest BCUT2D eigenvalue weighted by Crippen LogP contribution is -2.37. The fourth-order valence-corrected chi connectivity index (χ4v) is 4.65. The Bertz CT molecular complexity index is 257. The molecule has 3 aliphatic rings. The lowest BCUT2D eigenvalue weighted by atomic mass is 9.60. The summed E-state index contributed by atoms with van der Waals surface area (Å²) in [4.78, 5) is 11.6. The minimum Gasteiger partial charge on any atom is -0.300 e. The number of rotatable bonds is 0. The van der Waals surface area contributed by atoms with Crippen molar-refractivity contribution >= 4 is 5.78 Å². The molecule has 0 radical (unpaired) electrons. The van der Waals surface area contributed by atoms with E-state index in [0.717, 1.165) is 24.7 Å². The van der Waals surface area contributed by atoms with Gasteiger partial charge < -0.3 is 0 Å². The topological polar surface area (TPSA) is 17.1 Å². The smallest absolute Gasteiger partial charge is 0.134 e. The highest BCUT2D eigenvalue weighted by Crippen LogP contribution is 2.71. The minimum absolute atomic E-state index is 0.382. The van der Waals surface area contributed by atoms with Crippen LogP contribution in [0.15, 0.2) is 0 Å². The van der Waals surface area contributed by atoms with Gasteiger partial charge in [-0.2, -0.15) is 0 Å². The average molecular weight is 178 g/mol. The van der Waals surface area contributed by atoms with Crippen molar-refractivity contribution in [1.29, 1.82) is 0 Å². The van der Waals surface area contributed by atoms with Crippen LogP contribution in [0.2, 0.25) is 0 Å². The third-order valence-corrected chi connectivity index (χ3v) is 5.67. The highest BCUT2D eigenvalue weighted by molar-refractivity contribution is 5.83. The first-order valence-electron chi connectivity index (χ1n) is 5.58. The van der Waals surface area contributed by atoms with E-state index in [9.17, 15) is 4.79 Å². The largest absolute Gasteiger partial charge is 0.300 e. The first-order chi connectivity index (χ1) is 6.06. The molecule has 3 saturated carbocycles. The first kappa shape index (κ1) is 8.02. The predicted octanol–water partition coefficient (Wildman–Crippen LogP) is 2.79. The van der Waals surface area contributed by atoms with E-state index in [-0.39, 0.29) is 0 Å². The molecule has 0 N–H and O–H groups in total. The lowest BCUT2D eigenvalue weighted by Gasteiger charge is -2.44. The number of fused-ring (bicyclic) bond motifs is 5. The fraction of sp³-hybridized carbons (Fsp3) is 0.917. The summed E-state index contributed by atoms with van der Waals surface area (Å²) in [7, 11) is 0. The number of ketones is 1. The Kier molecular flexibility index (Phi) is 1.24. The third kappa shape index (κ3) is 0.693. The quantitative estimate of drug-likeness (QED) is 0.557. The molecule has 0 aromatic carbocycles. The van der Waals surface area contributed by atoms with E-state index in [0.29, 0.717) is 16.6 Å². The molecule has 0 amide bonds. The molecule has 0 aliphatic heterocycles. The van der Waals surface area contributed by atoms with Crippen molar-refractivity contribution in [1.82, 2.24) is 0 Å². The van der Waals surface area contributed by atoms with Gasteiger partial charge in [-0.3, -0.25) is 4.79 Å². The Morgan fingerprint density at radius 3 is 2.00 bits per heavy atom. The molecule has 0 heterocycles. The van der Waals surface area contributed by atoms with Gasteiger partial charge in [-0.15, -0.1) is 0 Å². The normalized spacial score (nSPS) is 58.8. The summed E-state index contributed by atoms with van der Waals surface area (Å²) >= 11 is 0. The van der Waals surface area contributed by atoms with Gasteiger partial charge in [0, 0.05) is 12.8 Å². The molecule has 1 nitrogen and oxygen atoms in total. The molecular formula is C12H18O. The van der Waals surface area contributed by atoms with Crippen LogP contribution < -0.4 is 0 Å². The van der Waals surface area contributed by atoms with Crippen LogP contribution >= 0.6 is 0 Å². The molecule has 0 aromatic heterocycles. The Morgan fingerprint density at radius 1 is 1.08 bits per heavy atom. The van der Waals surface area contributed by atoms with Crippen LogP contribution in [0.3, 0.4) is 0 Å². The first-order valence-corrected chi connectivity index (χ1v) is 5.58. The maximum absolute atomic E-state index is 11.6. The van der Waals surface area contributed by atoms with E-state index in [1.54, 1.807) is 0 Å². The SMILES string of the molecule is C[C@@]12CC(=O)C[C@]1(C)[C@H]1CC[C@@H]2C1. The van der Waals surface area contributed by atoms with Crippen molar-refractivity contribution in [2.45, 2.75) is 46.0 Å². The van der Waals surface area contributed by atoms with E-state index in [4.69, 9.17) is 0 Å². The summed E-state index contributed by atoms with van der Waals surface area (Å²) in [6.45, 7) is 4.75. The molecule has 1 heteroatoms. The zero-order valence-corrected chi connectivity index (χ0v) is 8.60. The number of Topliss-reactive ketones (excluding diaryl/α,β-unsaturated/α-hetero) is 1. The van der Waals surface area contributed by atoms with Crippen molar-refractivity contribution < 1.29 is 4.79 Å². The number of hydrogen-bond donors (Lipinski definition) is 0. The molecule has 0 spiro atoms. The van der Waals surface area contributed by atoms with Crippen LogP contribution in [-0.4, -0.2) is 5.78 Å². The maximum atomic E-state index is 11.6. The number of carbonyl (C=O) groups is 1. The zero-order valence-electron chi connectivity index (χ0n) is 8.60. The maximum Gasteiger partial charge on any atom is 0.134 e. The average Bonchev–Trinajstić information content (AvgIpc) is 2.59. The van der Waals surface area contributed by atoms with E-state index in [1.807, 2.05) is 0 Å². The molecule has 2 bridgehead atoms. The van der Waals surface area contributed by atoms with Gasteiger partial charge in [0.25, 0.3) is 0 Å². The molecule has 3 aliphatic carbocycles. The molecule has 0 aromatic rings. The van der Waals surface area contributed by atoms with Crippen LogP contribution in [0.5, 0.6) is 0 Å². The Morgan fingerprint density at radius 2 is 1.54 bits per heavy atom. The predicted molar refractivity (Wildman–Crippen MR) is 51.3 cm³/mol. The van der Waals surface area contributed by atoms with Gasteiger partial charge in [0.05, 0.1) is 0 Å². The number of hydrogen-bond acceptors (Lipinski definition) is 1. The zero-order chi connectivity index (χ0) is 9.27. The van der Waals surface area contributed by atoms with Gasteiger partial charge in [0.1, 0.15) is 5.78 Å². The molecule has 0 saturated heterocycles. The number of carbonyl (C=O) groups excluding carboxylic acids is 1. The van der Waals surface area contributed by atoms with Crippen molar-refractivity contribution in [2.75, 3.05) is 0 Å². The molecule has 13 heavy (non-hydrogen) atoms. The van der Waals surface area contributed by atoms with E-state index >= 15 is 0 Å². The second-order valence-corrected chi connectivity index (χ2v) is 5.93. The minimum atomic E-state index is 0.382. The summed E-state index contributed by atoms with van der Waals surface area (Å²) in [5.41, 5.74) is 0.764. The van der Waals surface area contributed by atoms with E-state index in [1.165, 1.54) is 19.3 Å². The monoisotopic (exact) mass is 178 g/mol. The van der Waals surface area contributed by atoms with Crippen LogP contribution in [0.4, 0.5) is 0 Å². The van der Waals surface area contributed by atoms with Gasteiger partial charge >= 0.3 is 0 Å². The van der Waals surface area contributed by atoms with Crippen LogP contribution in [-0.2, 0) is 4.79 Å². The van der Waals surface area contributed by atoms with Gasteiger partial charge in [0.15, 0.2) is 0 Å². The molecule has 4 atom stereocenters. The van der Waals surface area contributed by atoms with Crippen molar-refractivity contribution in [3.05, 3.63) is 0 Å². The van der Waals surface area contributed by atoms with Crippen molar-refractivity contribution in [3.8, 4) is 0 Å². The lowest BCUT2D eigenvalue weighted by molar-refractivity contribution is -0.118. The highest BCUT2D eigenvalue weighted by Gasteiger charge is 2.66. The standard InChI is InChI=1S/C12H18O/c1-11-6-10(13)7-12(11,2)9-4-3-8(11)5-9/h8-9H,3-7H2,1-2H3/t8-,9+,11+,12-. The van der Waals surface area contributed by atoms with Crippen molar-refractivity contribution in [2.24, 2.45) is 22.7 Å². The van der Waals surface area contributed by atoms with Crippen LogP contribution in [0, 0.1) is 22.7 Å². The van der Waals surface area contributed by atoms with Gasteiger partial charge in [-0.25, -0.2) is 0 Å². The van der Waals surface area contributed by atoms with E-state index < -0.39 is 0 Å². The van der Waals surface area contributed by atoms with Crippen LogP contribution in [0.25, 0.3) is 0 Å². The van der Waals surface area contributed by atoms with E-state index in [2.05, 4.69) is 13.8 Å². The second-order valence-electron chi connectivity index (χ2n) is 5.93. The second kappa shape index (κ2) is 2.02. The molecule has 0 unspecified atom stereocenters. The molecule has 3 rings (SSSR count). The summed E-state index contributed by atoms with van der Waals surface area (Å²) in [6, 6.07) is 0. The van der Waals surface area contributed by atoms with Crippen LogP contribution in [0.1, 0.15) is 46.0 Å². The summed E-state index contributed by atoms with van der Waals surface area (Å²) in [5.74, 6) is 2.27. The summed E-state index contributed by atoms with van der Waals surface area (Å²) in [5, 5.41) is 0. The van der Waals surface area contributed by atoms with Gasteiger partial charge in [0.2, 0.25) is 0 Å². The highest BCUT2D eigenvalue weighted by atomic mass is 16.1.